The lowest BCUT2D eigenvalue weighted by molar-refractivity contribution is 0.0206. The zero-order chi connectivity index (χ0) is 18.7. The fourth-order valence-corrected chi connectivity index (χ4v) is 3.06. The van der Waals surface area contributed by atoms with E-state index in [1.54, 1.807) is 4.90 Å². The van der Waals surface area contributed by atoms with Crippen molar-refractivity contribution in [2.24, 2.45) is 0 Å². The van der Waals surface area contributed by atoms with Gasteiger partial charge < -0.3 is 20.3 Å². The molecule has 1 aliphatic heterocycles. The molecule has 2 aromatic rings. The molecule has 3 rings (SSSR count). The van der Waals surface area contributed by atoms with Crippen molar-refractivity contribution in [3.8, 4) is 0 Å². The van der Waals surface area contributed by atoms with E-state index in [-0.39, 0.29) is 12.1 Å². The van der Waals surface area contributed by atoms with Crippen LogP contribution in [0.2, 0.25) is 0 Å². The molecule has 1 atom stereocenters. The number of fused-ring (bicyclic) bond motifs is 1. The molecule has 1 amide bonds. The lowest BCUT2D eigenvalue weighted by atomic mass is 10.1. The Labute approximate surface area is 154 Å². The summed E-state index contributed by atoms with van der Waals surface area (Å²) in [5, 5.41) is 6.56. The summed E-state index contributed by atoms with van der Waals surface area (Å²) in [7, 11) is 1.83. The third-order valence-corrected chi connectivity index (χ3v) is 4.22. The Balaban J connectivity index is 1.74. The first-order valence-electron chi connectivity index (χ1n) is 9.05. The topological polar surface area (TPSA) is 79.4 Å². The van der Waals surface area contributed by atoms with Crippen molar-refractivity contribution >= 4 is 28.8 Å². The summed E-state index contributed by atoms with van der Waals surface area (Å²) in [5.74, 6) is 1.42. The van der Waals surface area contributed by atoms with Gasteiger partial charge in [-0.05, 0) is 45.7 Å². The molecule has 1 aromatic heterocycles. The van der Waals surface area contributed by atoms with Crippen LogP contribution in [0.5, 0.6) is 0 Å². The number of carbonyl (C=O) groups excluding carboxylic acids is 1. The fraction of sp³-hybridized carbons (Fsp3) is 0.526. The highest BCUT2D eigenvalue weighted by Crippen LogP contribution is 2.24. The number of amides is 1. The van der Waals surface area contributed by atoms with E-state index in [4.69, 9.17) is 9.72 Å². The molecule has 2 heterocycles. The highest BCUT2D eigenvalue weighted by Gasteiger charge is 2.28. The molecule has 0 radical (unpaired) electrons. The zero-order valence-corrected chi connectivity index (χ0v) is 15.9. The molecule has 26 heavy (non-hydrogen) atoms. The molecular weight excluding hydrogens is 330 g/mol. The van der Waals surface area contributed by atoms with Crippen LogP contribution in [0.3, 0.4) is 0 Å². The standard InChI is InChI=1S/C19H27N5O2/c1-19(2,3)26-18(25)24-11-7-8-13(12-24)21-17-16(20-4)22-14-9-5-6-10-15(14)23-17/h5-6,9-10,13H,7-8,11-12H2,1-4H3,(H,20,22)(H,21,23)/t13-/m0/s1. The number of hydrogen-bond donors (Lipinski definition) is 2. The number of carbonyl (C=O) groups is 1. The van der Waals surface area contributed by atoms with Crippen LogP contribution in [0, 0.1) is 0 Å². The number of likely N-dealkylation sites (tertiary alicyclic amines) is 1. The molecule has 1 aliphatic rings. The van der Waals surface area contributed by atoms with E-state index in [0.717, 1.165) is 30.4 Å². The molecule has 7 heteroatoms. The minimum absolute atomic E-state index is 0.110. The Kier molecular flexibility index (Phi) is 5.15. The van der Waals surface area contributed by atoms with Crippen LogP contribution in [-0.2, 0) is 4.74 Å². The number of piperidine rings is 1. The first kappa shape index (κ1) is 18.2. The summed E-state index contributed by atoms with van der Waals surface area (Å²) in [6, 6.07) is 7.89. The second kappa shape index (κ2) is 7.35. The Bertz CT molecular complexity index is 787. The molecule has 7 nitrogen and oxygen atoms in total. The SMILES string of the molecule is CNc1nc2ccccc2nc1N[C@H]1CCCN(C(=O)OC(C)(C)C)C1. The van der Waals surface area contributed by atoms with Crippen molar-refractivity contribution in [2.45, 2.75) is 45.3 Å². The first-order valence-corrected chi connectivity index (χ1v) is 9.05. The van der Waals surface area contributed by atoms with Crippen molar-refractivity contribution < 1.29 is 9.53 Å². The Morgan fingerprint density at radius 2 is 1.85 bits per heavy atom. The molecule has 2 N–H and O–H groups in total. The van der Waals surface area contributed by atoms with E-state index < -0.39 is 5.60 Å². The fourth-order valence-electron chi connectivity index (χ4n) is 3.06. The molecule has 0 saturated carbocycles. The molecule has 1 fully saturated rings. The smallest absolute Gasteiger partial charge is 0.410 e. The van der Waals surface area contributed by atoms with Crippen molar-refractivity contribution in [3.63, 3.8) is 0 Å². The van der Waals surface area contributed by atoms with Crippen LogP contribution in [0.15, 0.2) is 24.3 Å². The molecule has 0 bridgehead atoms. The van der Waals surface area contributed by atoms with Crippen LogP contribution in [0.25, 0.3) is 11.0 Å². The zero-order valence-electron chi connectivity index (χ0n) is 15.9. The number of anilines is 2. The van der Waals surface area contributed by atoms with Crippen LogP contribution in [-0.4, -0.2) is 52.7 Å². The van der Waals surface area contributed by atoms with E-state index in [2.05, 4.69) is 15.6 Å². The van der Waals surface area contributed by atoms with E-state index >= 15 is 0 Å². The summed E-state index contributed by atoms with van der Waals surface area (Å²) in [4.78, 5) is 23.4. The summed E-state index contributed by atoms with van der Waals surface area (Å²) in [6.07, 6.45) is 1.63. The van der Waals surface area contributed by atoms with E-state index in [0.29, 0.717) is 18.2 Å². The molecule has 0 aliphatic carbocycles. The van der Waals surface area contributed by atoms with Crippen LogP contribution in [0.4, 0.5) is 16.4 Å². The van der Waals surface area contributed by atoms with Gasteiger partial charge in [0, 0.05) is 26.2 Å². The summed E-state index contributed by atoms with van der Waals surface area (Å²) in [6.45, 7) is 6.96. The van der Waals surface area contributed by atoms with E-state index in [9.17, 15) is 4.79 Å². The van der Waals surface area contributed by atoms with E-state index in [1.165, 1.54) is 0 Å². The molecule has 0 unspecified atom stereocenters. The first-order chi connectivity index (χ1) is 12.4. The quantitative estimate of drug-likeness (QED) is 0.875. The summed E-state index contributed by atoms with van der Waals surface area (Å²) >= 11 is 0. The van der Waals surface area contributed by atoms with E-state index in [1.807, 2.05) is 52.1 Å². The monoisotopic (exact) mass is 357 g/mol. The number of para-hydroxylation sites is 2. The van der Waals surface area contributed by atoms with Gasteiger partial charge in [-0.25, -0.2) is 14.8 Å². The molecule has 1 aromatic carbocycles. The number of nitrogens with zero attached hydrogens (tertiary/aromatic N) is 3. The largest absolute Gasteiger partial charge is 0.444 e. The van der Waals surface area contributed by atoms with Gasteiger partial charge in [0.1, 0.15) is 5.60 Å². The van der Waals surface area contributed by atoms with Crippen LogP contribution in [0.1, 0.15) is 33.6 Å². The van der Waals surface area contributed by atoms with Gasteiger partial charge >= 0.3 is 6.09 Å². The molecule has 140 valence electrons. The number of nitrogens with one attached hydrogen (secondary N) is 2. The molecular formula is C19H27N5O2. The predicted molar refractivity (Wildman–Crippen MR) is 104 cm³/mol. The molecule has 1 saturated heterocycles. The van der Waals surface area contributed by atoms with Crippen LogP contribution < -0.4 is 10.6 Å². The molecule has 0 spiro atoms. The van der Waals surface area contributed by atoms with Crippen molar-refractivity contribution in [3.05, 3.63) is 24.3 Å². The minimum atomic E-state index is -0.486. The lowest BCUT2D eigenvalue weighted by Crippen LogP contribution is -2.47. The predicted octanol–water partition coefficient (Wildman–Crippen LogP) is 3.48. The normalized spacial score (nSPS) is 17.8. The third-order valence-electron chi connectivity index (χ3n) is 4.22. The van der Waals surface area contributed by atoms with Gasteiger partial charge in [-0.15, -0.1) is 0 Å². The van der Waals surface area contributed by atoms with Gasteiger partial charge in [0.2, 0.25) is 0 Å². The van der Waals surface area contributed by atoms with Gasteiger partial charge in [-0.2, -0.15) is 0 Å². The minimum Gasteiger partial charge on any atom is -0.444 e. The maximum atomic E-state index is 12.3. The number of aromatic nitrogens is 2. The highest BCUT2D eigenvalue weighted by molar-refractivity contribution is 5.80. The Morgan fingerprint density at radius 3 is 2.46 bits per heavy atom. The summed E-state index contributed by atoms with van der Waals surface area (Å²) < 4.78 is 5.50. The second-order valence-corrected chi connectivity index (χ2v) is 7.57. The number of benzene rings is 1. The number of rotatable bonds is 3. The van der Waals surface area contributed by atoms with Gasteiger partial charge in [0.05, 0.1) is 11.0 Å². The van der Waals surface area contributed by atoms with Gasteiger partial charge in [-0.3, -0.25) is 0 Å². The lowest BCUT2D eigenvalue weighted by Gasteiger charge is -2.34. The average Bonchev–Trinajstić information content (AvgIpc) is 2.60. The Morgan fingerprint density at radius 1 is 1.19 bits per heavy atom. The second-order valence-electron chi connectivity index (χ2n) is 7.57. The third kappa shape index (κ3) is 4.33. The van der Waals surface area contributed by atoms with Crippen molar-refractivity contribution in [1.82, 2.24) is 14.9 Å². The maximum Gasteiger partial charge on any atom is 0.410 e. The van der Waals surface area contributed by atoms with Gasteiger partial charge in [0.15, 0.2) is 11.6 Å². The maximum absolute atomic E-state index is 12.3. The number of hydrogen-bond acceptors (Lipinski definition) is 6. The average molecular weight is 357 g/mol. The van der Waals surface area contributed by atoms with Crippen molar-refractivity contribution in [1.29, 1.82) is 0 Å². The summed E-state index contributed by atoms with van der Waals surface area (Å²) in [5.41, 5.74) is 1.20. The van der Waals surface area contributed by atoms with Crippen LogP contribution >= 0.6 is 0 Å². The van der Waals surface area contributed by atoms with Gasteiger partial charge in [0.25, 0.3) is 0 Å². The van der Waals surface area contributed by atoms with Crippen molar-refractivity contribution in [2.75, 3.05) is 30.8 Å². The van der Waals surface area contributed by atoms with Gasteiger partial charge in [-0.1, -0.05) is 12.1 Å². The highest BCUT2D eigenvalue weighted by atomic mass is 16.6. The number of ether oxygens (including phenoxy) is 1. The Hall–Kier alpha value is -2.57.